The predicted molar refractivity (Wildman–Crippen MR) is 135 cm³/mol. The van der Waals surface area contributed by atoms with E-state index in [1.165, 1.54) is 12.3 Å². The van der Waals surface area contributed by atoms with Gasteiger partial charge in [-0.1, -0.05) is 18.2 Å². The average Bonchev–Trinajstić information content (AvgIpc) is 2.78. The Labute approximate surface area is 202 Å². The summed E-state index contributed by atoms with van der Waals surface area (Å²) in [6.45, 7) is 6.62. The number of nitrogens with zero attached hydrogens (tertiary/aromatic N) is 1. The van der Waals surface area contributed by atoms with E-state index >= 15 is 0 Å². The molecule has 0 aliphatic heterocycles. The minimum absolute atomic E-state index is 0.158. The van der Waals surface area contributed by atoms with E-state index in [2.05, 4.69) is 15.3 Å². The number of carbonyl (C=O) groups is 1. The maximum Gasteiger partial charge on any atom is 0.255 e. The first kappa shape index (κ1) is 24.5. The van der Waals surface area contributed by atoms with Crippen molar-refractivity contribution in [3.63, 3.8) is 0 Å². The first-order chi connectivity index (χ1) is 16.2. The van der Waals surface area contributed by atoms with Crippen LogP contribution in [0.15, 0.2) is 59.5 Å². The minimum atomic E-state index is -3.40. The molecule has 0 aliphatic rings. The summed E-state index contributed by atoms with van der Waals surface area (Å²) in [4.78, 5) is 33.2. The van der Waals surface area contributed by atoms with Gasteiger partial charge in [0.05, 0.1) is 22.3 Å². The van der Waals surface area contributed by atoms with Gasteiger partial charge in [0, 0.05) is 28.7 Å². The van der Waals surface area contributed by atoms with Crippen LogP contribution in [0.25, 0.3) is 21.8 Å². The molecule has 0 fully saturated rings. The number of para-hydroxylation sites is 1. The second kappa shape index (κ2) is 8.27. The Bertz CT molecular complexity index is 1640. The Hall–Kier alpha value is -3.59. The van der Waals surface area contributed by atoms with Crippen LogP contribution in [-0.4, -0.2) is 30.5 Å². The highest BCUT2D eigenvalue weighted by Gasteiger charge is 2.34. The predicted octanol–water partition coefficient (Wildman–Crippen LogP) is 4.16. The first-order valence-electron chi connectivity index (χ1n) is 11.0. The van der Waals surface area contributed by atoms with Crippen molar-refractivity contribution in [2.24, 2.45) is 0 Å². The summed E-state index contributed by atoms with van der Waals surface area (Å²) in [6, 6.07) is 12.6. The number of H-pyrrole nitrogens is 1. The van der Waals surface area contributed by atoms with Crippen molar-refractivity contribution in [2.45, 2.75) is 38.0 Å². The zero-order valence-electron chi connectivity index (χ0n) is 20.1. The highest BCUT2D eigenvalue weighted by Crippen LogP contribution is 2.29. The molecule has 0 saturated heterocycles. The highest BCUT2D eigenvalue weighted by molar-refractivity contribution is 7.91. The molecule has 7 nitrogen and oxygen atoms in total. The maximum atomic E-state index is 14.9. The molecule has 0 aliphatic carbocycles. The lowest BCUT2D eigenvalue weighted by molar-refractivity contribution is 0.0908. The van der Waals surface area contributed by atoms with Gasteiger partial charge < -0.3 is 10.3 Å². The summed E-state index contributed by atoms with van der Waals surface area (Å²) in [7, 11) is -3.40. The molecule has 4 rings (SSSR count). The molecule has 4 aromatic rings. The number of amides is 1. The normalized spacial score (nSPS) is 12.7. The van der Waals surface area contributed by atoms with Crippen molar-refractivity contribution >= 4 is 37.6 Å². The second-order valence-corrected chi connectivity index (χ2v) is 12.2. The number of halogens is 1. The molecule has 9 heteroatoms. The van der Waals surface area contributed by atoms with E-state index in [1.54, 1.807) is 64.1 Å². The number of aromatic amines is 1. The van der Waals surface area contributed by atoms with Crippen LogP contribution >= 0.6 is 0 Å². The molecule has 2 N–H and O–H groups in total. The number of benzene rings is 2. The lowest BCUT2D eigenvalue weighted by Crippen LogP contribution is -2.41. The minimum Gasteiger partial charge on any atom is -0.354 e. The monoisotopic (exact) mass is 495 g/mol. The molecule has 0 saturated carbocycles. The first-order valence-corrected chi connectivity index (χ1v) is 12.8. The van der Waals surface area contributed by atoms with E-state index in [9.17, 15) is 22.4 Å². The van der Waals surface area contributed by atoms with Crippen LogP contribution in [0.5, 0.6) is 0 Å². The molecule has 0 atom stereocenters. The number of hydrogen-bond acceptors (Lipinski definition) is 5. The Morgan fingerprint density at radius 1 is 1.00 bits per heavy atom. The molecule has 0 radical (unpaired) electrons. The lowest BCUT2D eigenvalue weighted by atomic mass is 9.94. The average molecular weight is 496 g/mol. The third kappa shape index (κ3) is 4.32. The number of pyridine rings is 2. The van der Waals surface area contributed by atoms with Gasteiger partial charge in [-0.15, -0.1) is 0 Å². The topological polar surface area (TPSA) is 109 Å². The van der Waals surface area contributed by atoms with E-state index in [4.69, 9.17) is 0 Å². The van der Waals surface area contributed by atoms with Gasteiger partial charge in [-0.2, -0.15) is 0 Å². The van der Waals surface area contributed by atoms with Crippen LogP contribution < -0.4 is 10.7 Å². The Kier molecular flexibility index (Phi) is 5.79. The van der Waals surface area contributed by atoms with E-state index in [-0.39, 0.29) is 16.4 Å². The molecular formula is C26H26FN3O4S. The smallest absolute Gasteiger partial charge is 0.255 e. The van der Waals surface area contributed by atoms with E-state index in [0.717, 1.165) is 12.3 Å². The van der Waals surface area contributed by atoms with Crippen molar-refractivity contribution in [3.8, 4) is 0 Å². The van der Waals surface area contributed by atoms with Gasteiger partial charge in [-0.05, 0) is 63.6 Å². The summed E-state index contributed by atoms with van der Waals surface area (Å²) in [5.74, 6) is -1.47. The zero-order valence-corrected chi connectivity index (χ0v) is 20.9. The molecule has 1 amide bonds. The Morgan fingerprint density at radius 2 is 1.69 bits per heavy atom. The van der Waals surface area contributed by atoms with Gasteiger partial charge in [0.1, 0.15) is 10.6 Å². The SMILES string of the molecule is CC(C)(NC(=O)c1cc2[nH]c3ccccc3c(=O)c2cc1F)c1ccc(C(C)(C)S(C)(=O)=O)nc1. The summed E-state index contributed by atoms with van der Waals surface area (Å²) in [5, 5.41) is 3.40. The number of sulfone groups is 1. The van der Waals surface area contributed by atoms with Crippen molar-refractivity contribution in [1.29, 1.82) is 0 Å². The molecule has 0 spiro atoms. The fraction of sp³-hybridized carbons (Fsp3) is 0.269. The molecule has 2 aromatic heterocycles. The standard InChI is InChI=1S/C26H26FN3O4S/c1-25(2,15-10-11-22(28-14-15)26(3,4)35(5,33)34)30-24(32)17-13-21-18(12-19(17)27)23(31)16-8-6-7-9-20(16)29-21/h6-14H,1-5H3,(H,29,31)(H,30,32). The molecule has 35 heavy (non-hydrogen) atoms. The Morgan fingerprint density at radius 3 is 2.31 bits per heavy atom. The number of hydrogen-bond donors (Lipinski definition) is 2. The number of carbonyl (C=O) groups excluding carboxylic acids is 1. The van der Waals surface area contributed by atoms with Gasteiger partial charge in [0.15, 0.2) is 15.3 Å². The number of aromatic nitrogens is 2. The van der Waals surface area contributed by atoms with E-state index in [0.29, 0.717) is 27.7 Å². The molecular weight excluding hydrogens is 469 g/mol. The third-order valence-corrected chi connectivity index (χ3v) is 8.56. The zero-order chi connectivity index (χ0) is 25.8. The molecule has 0 bridgehead atoms. The van der Waals surface area contributed by atoms with Gasteiger partial charge in [0.25, 0.3) is 5.91 Å². The molecule has 2 heterocycles. The number of nitrogens with one attached hydrogen (secondary N) is 2. The van der Waals surface area contributed by atoms with Crippen LogP contribution in [0, 0.1) is 5.82 Å². The fourth-order valence-corrected chi connectivity index (χ4v) is 4.35. The van der Waals surface area contributed by atoms with Crippen LogP contribution in [0.4, 0.5) is 4.39 Å². The molecule has 0 unspecified atom stereocenters. The van der Waals surface area contributed by atoms with Crippen LogP contribution in [-0.2, 0) is 20.1 Å². The van der Waals surface area contributed by atoms with Crippen molar-refractivity contribution in [1.82, 2.24) is 15.3 Å². The fourth-order valence-electron chi connectivity index (χ4n) is 3.85. The largest absolute Gasteiger partial charge is 0.354 e. The second-order valence-electron chi connectivity index (χ2n) is 9.67. The van der Waals surface area contributed by atoms with Crippen LogP contribution in [0.1, 0.15) is 49.3 Å². The van der Waals surface area contributed by atoms with Gasteiger partial charge in [-0.25, -0.2) is 12.8 Å². The molecule has 2 aromatic carbocycles. The summed E-state index contributed by atoms with van der Waals surface area (Å²) in [6.07, 6.45) is 2.66. The lowest BCUT2D eigenvalue weighted by Gasteiger charge is -2.28. The van der Waals surface area contributed by atoms with Gasteiger partial charge in [0.2, 0.25) is 0 Å². The third-order valence-electron chi connectivity index (χ3n) is 6.49. The van der Waals surface area contributed by atoms with Crippen molar-refractivity contribution in [3.05, 3.63) is 87.6 Å². The quantitative estimate of drug-likeness (QED) is 0.404. The summed E-state index contributed by atoms with van der Waals surface area (Å²) in [5.41, 5.74) is 0.458. The Balaban J connectivity index is 1.67. The van der Waals surface area contributed by atoms with E-state index in [1.807, 2.05) is 0 Å². The van der Waals surface area contributed by atoms with Gasteiger partial charge >= 0.3 is 0 Å². The molecule has 182 valence electrons. The number of fused-ring (bicyclic) bond motifs is 2. The van der Waals surface area contributed by atoms with E-state index < -0.39 is 31.8 Å². The van der Waals surface area contributed by atoms with Gasteiger partial charge in [-0.3, -0.25) is 14.6 Å². The summed E-state index contributed by atoms with van der Waals surface area (Å²) < 4.78 is 38.0. The van der Waals surface area contributed by atoms with Crippen LogP contribution in [0.2, 0.25) is 0 Å². The maximum absolute atomic E-state index is 14.9. The van der Waals surface area contributed by atoms with Crippen molar-refractivity contribution < 1.29 is 17.6 Å². The highest BCUT2D eigenvalue weighted by atomic mass is 32.2. The van der Waals surface area contributed by atoms with Crippen molar-refractivity contribution in [2.75, 3.05) is 6.26 Å². The summed E-state index contributed by atoms with van der Waals surface area (Å²) >= 11 is 0. The number of rotatable bonds is 5. The van der Waals surface area contributed by atoms with Crippen LogP contribution in [0.3, 0.4) is 0 Å².